The largest absolute Gasteiger partial charge is 0.458 e. The molecule has 0 aliphatic carbocycles. The molecule has 0 spiro atoms. The second kappa shape index (κ2) is 7.36. The summed E-state index contributed by atoms with van der Waals surface area (Å²) in [6.45, 7) is 1.13. The number of carbonyl (C=O) groups excluding carboxylic acids is 1. The molecule has 0 bridgehead atoms. The van der Waals surface area contributed by atoms with Crippen molar-refractivity contribution in [3.05, 3.63) is 63.5 Å². The topological polar surface area (TPSA) is 107 Å². The van der Waals surface area contributed by atoms with E-state index in [-0.39, 0.29) is 22.1 Å². The smallest absolute Gasteiger partial charge is 0.321 e. The summed E-state index contributed by atoms with van der Waals surface area (Å²) in [5, 5.41) is 1.62. The number of thiophene rings is 1. The Balaban J connectivity index is 1.62. The zero-order chi connectivity index (χ0) is 18.7. The highest BCUT2D eigenvalue weighted by atomic mass is 32.2. The van der Waals surface area contributed by atoms with E-state index in [9.17, 15) is 18.0 Å². The van der Waals surface area contributed by atoms with Gasteiger partial charge in [-0.3, -0.25) is 14.0 Å². The molecule has 10 heteroatoms. The number of sulfonamides is 1. The van der Waals surface area contributed by atoms with Gasteiger partial charge in [0, 0.05) is 12.3 Å². The molecule has 3 aromatic rings. The second-order valence-corrected chi connectivity index (χ2v) is 8.38. The lowest BCUT2D eigenvalue weighted by molar-refractivity contribution is -0.143. The van der Waals surface area contributed by atoms with Gasteiger partial charge in [-0.15, -0.1) is 11.3 Å². The van der Waals surface area contributed by atoms with Gasteiger partial charge in [0.15, 0.2) is 0 Å². The molecule has 0 saturated carbocycles. The lowest BCUT2D eigenvalue weighted by Crippen LogP contribution is -2.30. The van der Waals surface area contributed by atoms with Crippen LogP contribution < -0.4 is 10.3 Å². The van der Waals surface area contributed by atoms with Gasteiger partial charge in [0.25, 0.3) is 15.6 Å². The molecule has 0 amide bonds. The first kappa shape index (κ1) is 18.2. The highest BCUT2D eigenvalue weighted by Gasteiger charge is 2.17. The van der Waals surface area contributed by atoms with Crippen molar-refractivity contribution in [2.75, 3.05) is 6.54 Å². The fraction of sp³-hybridized carbons (Fsp3) is 0.188. The zero-order valence-electron chi connectivity index (χ0n) is 13.7. The molecule has 0 aliphatic heterocycles. The average molecular weight is 393 g/mol. The number of carbonyl (C=O) groups is 1. The first-order chi connectivity index (χ1) is 12.3. The van der Waals surface area contributed by atoms with Gasteiger partial charge in [0.2, 0.25) is 0 Å². The van der Waals surface area contributed by atoms with Crippen LogP contribution in [0.5, 0.6) is 0 Å². The van der Waals surface area contributed by atoms with Gasteiger partial charge >= 0.3 is 5.97 Å². The third-order valence-electron chi connectivity index (χ3n) is 3.41. The quantitative estimate of drug-likeness (QED) is 0.628. The Kier molecular flexibility index (Phi) is 5.16. The molecule has 0 fully saturated rings. The van der Waals surface area contributed by atoms with E-state index in [1.54, 1.807) is 23.7 Å². The monoisotopic (exact) mass is 393 g/mol. The van der Waals surface area contributed by atoms with Gasteiger partial charge < -0.3 is 4.74 Å². The summed E-state index contributed by atoms with van der Waals surface area (Å²) in [7, 11) is -3.74. The van der Waals surface area contributed by atoms with Crippen LogP contribution in [-0.2, 0) is 26.2 Å². The van der Waals surface area contributed by atoms with Crippen LogP contribution in [0.25, 0.3) is 5.65 Å². The summed E-state index contributed by atoms with van der Waals surface area (Å²) in [5.41, 5.74) is 1.35. The summed E-state index contributed by atoms with van der Waals surface area (Å²) in [6.07, 6.45) is 1.67. The van der Waals surface area contributed by atoms with Gasteiger partial charge in [-0.05, 0) is 30.0 Å². The molecule has 136 valence electrons. The number of ether oxygens (including phenoxy) is 1. The Labute approximate surface area is 153 Å². The highest BCUT2D eigenvalue weighted by Crippen LogP contribution is 2.14. The molecule has 3 rings (SSSR count). The maximum Gasteiger partial charge on any atom is 0.321 e. The predicted octanol–water partition coefficient (Wildman–Crippen LogP) is 1.09. The van der Waals surface area contributed by atoms with Crippen LogP contribution in [0.1, 0.15) is 11.3 Å². The Hall–Kier alpha value is -2.56. The van der Waals surface area contributed by atoms with Crippen LogP contribution in [0.3, 0.4) is 0 Å². The van der Waals surface area contributed by atoms with E-state index in [1.165, 1.54) is 16.5 Å². The zero-order valence-corrected chi connectivity index (χ0v) is 15.3. The summed E-state index contributed by atoms with van der Waals surface area (Å²) in [6, 6.07) is 7.82. The number of aryl methyl sites for hydroxylation is 1. The molecule has 0 radical (unpaired) electrons. The number of pyridine rings is 1. The Morgan fingerprint density at radius 1 is 1.35 bits per heavy atom. The minimum atomic E-state index is -3.74. The Morgan fingerprint density at radius 2 is 2.15 bits per heavy atom. The summed E-state index contributed by atoms with van der Waals surface area (Å²) < 4.78 is 32.5. The van der Waals surface area contributed by atoms with E-state index in [0.717, 1.165) is 16.9 Å². The molecule has 1 N–H and O–H groups in total. The number of nitrogens with zero attached hydrogens (tertiary/aromatic N) is 2. The molecule has 0 unspecified atom stereocenters. The lowest BCUT2D eigenvalue weighted by Gasteiger charge is -2.07. The van der Waals surface area contributed by atoms with Crippen LogP contribution >= 0.6 is 11.3 Å². The number of fused-ring (bicyclic) bond motifs is 1. The number of hydrogen-bond acceptors (Lipinski definition) is 7. The number of hydrogen-bond donors (Lipinski definition) is 1. The molecule has 26 heavy (non-hydrogen) atoms. The van der Waals surface area contributed by atoms with Crippen molar-refractivity contribution in [3.8, 4) is 0 Å². The van der Waals surface area contributed by atoms with Crippen molar-refractivity contribution in [1.29, 1.82) is 0 Å². The summed E-state index contributed by atoms with van der Waals surface area (Å²) >= 11 is 1.05. The van der Waals surface area contributed by atoms with Gasteiger partial charge in [0.1, 0.15) is 23.0 Å². The Morgan fingerprint density at radius 3 is 2.88 bits per heavy atom. The number of aromatic nitrogens is 2. The van der Waals surface area contributed by atoms with Gasteiger partial charge in [-0.1, -0.05) is 12.1 Å². The molecular formula is C16H15N3O5S2. The molecule has 3 heterocycles. The summed E-state index contributed by atoms with van der Waals surface area (Å²) in [5.74, 6) is -0.768. The van der Waals surface area contributed by atoms with Crippen molar-refractivity contribution < 1.29 is 17.9 Å². The fourth-order valence-electron chi connectivity index (χ4n) is 2.18. The van der Waals surface area contributed by atoms with E-state index in [2.05, 4.69) is 9.71 Å². The van der Waals surface area contributed by atoms with E-state index in [1.807, 2.05) is 13.0 Å². The normalized spacial score (nSPS) is 11.6. The van der Waals surface area contributed by atoms with Crippen molar-refractivity contribution in [3.63, 3.8) is 0 Å². The van der Waals surface area contributed by atoms with E-state index >= 15 is 0 Å². The minimum absolute atomic E-state index is 0.116. The molecule has 0 atom stereocenters. The molecule has 8 nitrogen and oxygen atoms in total. The van der Waals surface area contributed by atoms with Gasteiger partial charge in [-0.2, -0.15) is 4.72 Å². The number of esters is 1. The lowest BCUT2D eigenvalue weighted by atomic mass is 10.3. The highest BCUT2D eigenvalue weighted by molar-refractivity contribution is 7.91. The maximum absolute atomic E-state index is 12.1. The minimum Gasteiger partial charge on any atom is -0.458 e. The fourth-order valence-corrected chi connectivity index (χ4v) is 4.19. The second-order valence-electron chi connectivity index (χ2n) is 5.44. The van der Waals surface area contributed by atoms with Gasteiger partial charge in [0.05, 0.1) is 5.69 Å². The van der Waals surface area contributed by atoms with Crippen molar-refractivity contribution in [2.45, 2.75) is 17.7 Å². The number of nitrogens with one attached hydrogen (secondary N) is 1. The van der Waals surface area contributed by atoms with E-state index in [0.29, 0.717) is 5.65 Å². The SMILES string of the molecule is Cc1ccc2nc(COC(=O)CNS(=O)(=O)c3cccs3)cc(=O)n2c1. The molecule has 0 saturated heterocycles. The van der Waals surface area contributed by atoms with Crippen LogP contribution in [0.2, 0.25) is 0 Å². The van der Waals surface area contributed by atoms with E-state index in [4.69, 9.17) is 4.74 Å². The van der Waals surface area contributed by atoms with Crippen LogP contribution in [-0.4, -0.2) is 30.3 Å². The standard InChI is InChI=1S/C16H15N3O5S2/c1-11-4-5-13-18-12(7-14(20)19(13)9-11)10-24-15(21)8-17-26(22,23)16-3-2-6-25-16/h2-7,9,17H,8,10H2,1H3. The first-order valence-corrected chi connectivity index (χ1v) is 9.89. The maximum atomic E-state index is 12.1. The predicted molar refractivity (Wildman–Crippen MR) is 95.5 cm³/mol. The molecule has 0 aliphatic rings. The first-order valence-electron chi connectivity index (χ1n) is 7.53. The van der Waals surface area contributed by atoms with Crippen molar-refractivity contribution in [2.24, 2.45) is 0 Å². The van der Waals surface area contributed by atoms with Crippen molar-refractivity contribution in [1.82, 2.24) is 14.1 Å². The molecule has 0 aromatic carbocycles. The van der Waals surface area contributed by atoms with Crippen LogP contribution in [0.4, 0.5) is 0 Å². The number of rotatable bonds is 6. The summed E-state index contributed by atoms with van der Waals surface area (Å²) in [4.78, 5) is 28.1. The molecular weight excluding hydrogens is 378 g/mol. The third-order valence-corrected chi connectivity index (χ3v) is 6.21. The molecule has 3 aromatic heterocycles. The van der Waals surface area contributed by atoms with Crippen LogP contribution in [0, 0.1) is 6.92 Å². The van der Waals surface area contributed by atoms with Crippen LogP contribution in [0.15, 0.2) is 50.9 Å². The average Bonchev–Trinajstić information content (AvgIpc) is 3.14. The third kappa shape index (κ3) is 4.15. The van der Waals surface area contributed by atoms with E-state index < -0.39 is 22.5 Å². The Bertz CT molecular complexity index is 1100. The van der Waals surface area contributed by atoms with Crippen molar-refractivity contribution >= 4 is 33.0 Å². The van der Waals surface area contributed by atoms with Gasteiger partial charge in [-0.25, -0.2) is 13.4 Å².